The molecule has 0 radical (unpaired) electrons. The van der Waals surface area contributed by atoms with Crippen molar-refractivity contribution in [2.24, 2.45) is 5.92 Å². The summed E-state index contributed by atoms with van der Waals surface area (Å²) in [5.74, 6) is 0.674. The van der Waals surface area contributed by atoms with Crippen LogP contribution < -0.4 is 5.32 Å². The number of benzene rings is 1. The minimum atomic E-state index is 0.153. The van der Waals surface area contributed by atoms with E-state index in [1.54, 1.807) is 0 Å². The van der Waals surface area contributed by atoms with Gasteiger partial charge in [0.05, 0.1) is 12.2 Å². The van der Waals surface area contributed by atoms with Gasteiger partial charge in [0, 0.05) is 17.1 Å². The number of hydrogen-bond donors (Lipinski definition) is 1. The van der Waals surface area contributed by atoms with Crippen LogP contribution >= 0.6 is 15.9 Å². The highest BCUT2D eigenvalue weighted by Crippen LogP contribution is 2.29. The maximum atomic E-state index is 6.27. The van der Waals surface area contributed by atoms with Gasteiger partial charge in [-0.25, -0.2) is 0 Å². The van der Waals surface area contributed by atoms with E-state index in [4.69, 9.17) is 4.74 Å². The summed E-state index contributed by atoms with van der Waals surface area (Å²) in [6.07, 6.45) is 1.59. The molecule has 2 rings (SSSR count). The molecule has 0 aromatic heterocycles. The van der Waals surface area contributed by atoms with Crippen LogP contribution in [0.25, 0.3) is 0 Å². The molecule has 1 aromatic carbocycles. The first-order valence-electron chi connectivity index (χ1n) is 6.70. The van der Waals surface area contributed by atoms with Crippen molar-refractivity contribution in [1.82, 2.24) is 5.32 Å². The van der Waals surface area contributed by atoms with Gasteiger partial charge >= 0.3 is 0 Å². The van der Waals surface area contributed by atoms with Gasteiger partial charge < -0.3 is 10.1 Å². The summed E-state index contributed by atoms with van der Waals surface area (Å²) in [6.45, 7) is 7.64. The third kappa shape index (κ3) is 3.56. The quantitative estimate of drug-likeness (QED) is 0.913. The van der Waals surface area contributed by atoms with Gasteiger partial charge in [-0.2, -0.15) is 0 Å². The highest BCUT2D eigenvalue weighted by atomic mass is 79.9. The lowest BCUT2D eigenvalue weighted by atomic mass is 9.98. The first-order chi connectivity index (χ1) is 8.56. The van der Waals surface area contributed by atoms with Crippen LogP contribution in [0.2, 0.25) is 0 Å². The van der Waals surface area contributed by atoms with E-state index in [9.17, 15) is 0 Å². The number of rotatable bonds is 3. The standard InChI is InChI=1S/C15H22BrNO/c1-10(2)7-14-9-17-11(3)15(18-14)12-5-4-6-13(16)8-12/h4-6,8,10-11,14-15,17H,7,9H2,1-3H3. The summed E-state index contributed by atoms with van der Waals surface area (Å²) >= 11 is 3.53. The van der Waals surface area contributed by atoms with Gasteiger partial charge in [0.2, 0.25) is 0 Å². The number of halogens is 1. The summed E-state index contributed by atoms with van der Waals surface area (Å²) in [5, 5.41) is 3.57. The van der Waals surface area contributed by atoms with Crippen LogP contribution in [-0.2, 0) is 4.74 Å². The van der Waals surface area contributed by atoms with Crippen LogP contribution in [0.1, 0.15) is 38.9 Å². The molecule has 0 amide bonds. The van der Waals surface area contributed by atoms with Gasteiger partial charge in [0.25, 0.3) is 0 Å². The lowest BCUT2D eigenvalue weighted by Crippen LogP contribution is -2.47. The zero-order chi connectivity index (χ0) is 13.1. The topological polar surface area (TPSA) is 21.3 Å². The smallest absolute Gasteiger partial charge is 0.0979 e. The van der Waals surface area contributed by atoms with Gasteiger partial charge in [0.1, 0.15) is 0 Å². The van der Waals surface area contributed by atoms with Crippen LogP contribution in [0.3, 0.4) is 0 Å². The Morgan fingerprint density at radius 3 is 2.89 bits per heavy atom. The van der Waals surface area contributed by atoms with Crippen LogP contribution in [0, 0.1) is 5.92 Å². The predicted octanol–water partition coefficient (Wildman–Crippen LogP) is 3.91. The molecule has 1 aliphatic rings. The fourth-order valence-electron chi connectivity index (χ4n) is 2.51. The van der Waals surface area contributed by atoms with E-state index in [-0.39, 0.29) is 6.10 Å². The maximum Gasteiger partial charge on any atom is 0.0979 e. The summed E-state index contributed by atoms with van der Waals surface area (Å²) in [6, 6.07) is 8.78. The largest absolute Gasteiger partial charge is 0.367 e. The summed E-state index contributed by atoms with van der Waals surface area (Å²) < 4.78 is 7.38. The SMILES string of the molecule is CC(C)CC1CNC(C)C(c2cccc(Br)c2)O1. The second-order valence-electron chi connectivity index (χ2n) is 5.56. The molecule has 1 N–H and O–H groups in total. The second kappa shape index (κ2) is 6.18. The van der Waals surface area contributed by atoms with Crippen molar-refractivity contribution in [1.29, 1.82) is 0 Å². The Labute approximate surface area is 118 Å². The molecular weight excluding hydrogens is 290 g/mol. The molecule has 3 unspecified atom stereocenters. The molecule has 0 saturated carbocycles. The number of morpholine rings is 1. The summed E-state index contributed by atoms with van der Waals surface area (Å²) in [7, 11) is 0. The van der Waals surface area contributed by atoms with E-state index in [2.05, 4.69) is 66.3 Å². The van der Waals surface area contributed by atoms with E-state index >= 15 is 0 Å². The van der Waals surface area contributed by atoms with Crippen molar-refractivity contribution in [3.8, 4) is 0 Å². The van der Waals surface area contributed by atoms with Crippen LogP contribution in [0.5, 0.6) is 0 Å². The van der Waals surface area contributed by atoms with Gasteiger partial charge in [-0.15, -0.1) is 0 Å². The van der Waals surface area contributed by atoms with Gasteiger partial charge in [-0.3, -0.25) is 0 Å². The minimum absolute atomic E-state index is 0.153. The number of hydrogen-bond acceptors (Lipinski definition) is 2. The molecule has 0 aliphatic carbocycles. The zero-order valence-corrected chi connectivity index (χ0v) is 12.9. The fraction of sp³-hybridized carbons (Fsp3) is 0.600. The van der Waals surface area contributed by atoms with Crippen molar-refractivity contribution in [3.05, 3.63) is 34.3 Å². The normalized spacial score (nSPS) is 28.6. The van der Waals surface area contributed by atoms with Crippen molar-refractivity contribution < 1.29 is 4.74 Å². The Bertz CT molecular complexity index is 394. The highest BCUT2D eigenvalue weighted by Gasteiger charge is 2.29. The first-order valence-corrected chi connectivity index (χ1v) is 7.50. The molecule has 1 fully saturated rings. The van der Waals surface area contributed by atoms with E-state index in [0.29, 0.717) is 18.1 Å². The van der Waals surface area contributed by atoms with Gasteiger partial charge in [-0.05, 0) is 37.0 Å². The van der Waals surface area contributed by atoms with Crippen molar-refractivity contribution >= 4 is 15.9 Å². The van der Waals surface area contributed by atoms with E-state index in [1.807, 2.05) is 0 Å². The number of nitrogens with one attached hydrogen (secondary N) is 1. The minimum Gasteiger partial charge on any atom is -0.367 e. The molecule has 1 aromatic rings. The number of ether oxygens (including phenoxy) is 1. The Morgan fingerprint density at radius 2 is 2.22 bits per heavy atom. The van der Waals surface area contributed by atoms with Crippen LogP contribution in [0.4, 0.5) is 0 Å². The van der Waals surface area contributed by atoms with Gasteiger partial charge in [-0.1, -0.05) is 41.9 Å². The summed E-state index contributed by atoms with van der Waals surface area (Å²) in [4.78, 5) is 0. The van der Waals surface area contributed by atoms with Crippen molar-refractivity contribution in [2.75, 3.05) is 6.54 Å². The molecule has 1 saturated heterocycles. The predicted molar refractivity (Wildman–Crippen MR) is 78.7 cm³/mol. The molecule has 18 heavy (non-hydrogen) atoms. The second-order valence-corrected chi connectivity index (χ2v) is 6.48. The molecule has 3 heteroatoms. The third-order valence-electron chi connectivity index (χ3n) is 3.37. The lowest BCUT2D eigenvalue weighted by Gasteiger charge is -2.37. The zero-order valence-electron chi connectivity index (χ0n) is 11.3. The Hall–Kier alpha value is -0.380. The van der Waals surface area contributed by atoms with Crippen molar-refractivity contribution in [3.63, 3.8) is 0 Å². The molecule has 3 atom stereocenters. The first kappa shape index (κ1) is 14.0. The Kier molecular flexibility index (Phi) is 4.82. The fourth-order valence-corrected chi connectivity index (χ4v) is 2.93. The van der Waals surface area contributed by atoms with Crippen LogP contribution in [-0.4, -0.2) is 18.7 Å². The average molecular weight is 312 g/mol. The molecule has 100 valence electrons. The Balaban J connectivity index is 2.10. The molecule has 1 heterocycles. The van der Waals surface area contributed by atoms with Crippen molar-refractivity contribution in [2.45, 2.75) is 45.4 Å². The highest BCUT2D eigenvalue weighted by molar-refractivity contribution is 9.10. The third-order valence-corrected chi connectivity index (χ3v) is 3.87. The molecule has 0 bridgehead atoms. The molecule has 0 spiro atoms. The van der Waals surface area contributed by atoms with E-state index in [1.165, 1.54) is 5.56 Å². The molecule has 2 nitrogen and oxygen atoms in total. The average Bonchev–Trinajstić information content (AvgIpc) is 2.31. The van der Waals surface area contributed by atoms with E-state index < -0.39 is 0 Å². The maximum absolute atomic E-state index is 6.27. The van der Waals surface area contributed by atoms with Crippen LogP contribution in [0.15, 0.2) is 28.7 Å². The monoisotopic (exact) mass is 311 g/mol. The summed E-state index contributed by atoms with van der Waals surface area (Å²) in [5.41, 5.74) is 1.25. The Morgan fingerprint density at radius 1 is 1.44 bits per heavy atom. The lowest BCUT2D eigenvalue weighted by molar-refractivity contribution is -0.0687. The van der Waals surface area contributed by atoms with Gasteiger partial charge in [0.15, 0.2) is 0 Å². The molecule has 1 aliphatic heterocycles. The van der Waals surface area contributed by atoms with E-state index in [0.717, 1.165) is 17.4 Å². The molecular formula is C15H22BrNO.